The molecule has 20 heavy (non-hydrogen) atoms. The van der Waals surface area contributed by atoms with Gasteiger partial charge in [-0.05, 0) is 29.7 Å². The van der Waals surface area contributed by atoms with Crippen molar-refractivity contribution >= 4 is 27.8 Å². The van der Waals surface area contributed by atoms with Crippen molar-refractivity contribution < 1.29 is 13.2 Å². The molecule has 0 bridgehead atoms. The number of nitrogens with zero attached hydrogens (tertiary/aromatic N) is 1. The molecule has 106 valence electrons. The Hall–Kier alpha value is -2.15. The lowest BCUT2D eigenvalue weighted by Gasteiger charge is -2.15. The van der Waals surface area contributed by atoms with E-state index >= 15 is 0 Å². The molecule has 1 heterocycles. The van der Waals surface area contributed by atoms with Crippen molar-refractivity contribution in [3.05, 3.63) is 34.9 Å². The van der Waals surface area contributed by atoms with E-state index in [2.05, 4.69) is 4.99 Å². The van der Waals surface area contributed by atoms with Crippen LogP contribution in [0.1, 0.15) is 28.4 Å². The summed E-state index contributed by atoms with van der Waals surface area (Å²) in [5.74, 6) is -1.05. The number of carbonyl (C=O) groups is 1. The van der Waals surface area contributed by atoms with E-state index in [0.29, 0.717) is 17.5 Å². The van der Waals surface area contributed by atoms with Crippen LogP contribution in [-0.4, -0.2) is 26.0 Å². The average molecular weight is 293 g/mol. The predicted octanol–water partition coefficient (Wildman–Crippen LogP) is 0.463. The highest BCUT2D eigenvalue weighted by molar-refractivity contribution is 7.91. The summed E-state index contributed by atoms with van der Waals surface area (Å²) in [6.45, 7) is 1.87. The van der Waals surface area contributed by atoms with Crippen molar-refractivity contribution in [1.82, 2.24) is 0 Å². The van der Waals surface area contributed by atoms with Gasteiger partial charge in [-0.3, -0.25) is 4.79 Å². The van der Waals surface area contributed by atoms with Gasteiger partial charge in [0.1, 0.15) is 0 Å². The standard InChI is InChI=1S/C13H15N3O3S/c1-2-8-6-9-4-3-5-20(18,19)11(9)7-10(8)12(17)16-13(14)15/h3-4,6-7H,2,5H2,1H3,(H4,14,15,16,17). The predicted molar refractivity (Wildman–Crippen MR) is 77.0 cm³/mol. The number of rotatable bonds is 2. The average Bonchev–Trinajstić information content (AvgIpc) is 2.36. The number of carbonyl (C=O) groups excluding carboxylic acids is 1. The minimum atomic E-state index is -3.40. The van der Waals surface area contributed by atoms with Crippen molar-refractivity contribution in [2.24, 2.45) is 16.5 Å². The molecule has 7 heteroatoms. The highest BCUT2D eigenvalue weighted by Gasteiger charge is 2.23. The van der Waals surface area contributed by atoms with E-state index in [1.54, 1.807) is 18.2 Å². The number of guanidine groups is 1. The number of hydrogen-bond donors (Lipinski definition) is 2. The molecule has 0 aliphatic carbocycles. The fourth-order valence-corrected chi connectivity index (χ4v) is 3.42. The molecule has 0 saturated carbocycles. The summed E-state index contributed by atoms with van der Waals surface area (Å²) in [6.07, 6.45) is 3.90. The molecule has 0 fully saturated rings. The van der Waals surface area contributed by atoms with Gasteiger partial charge in [0.25, 0.3) is 5.91 Å². The van der Waals surface area contributed by atoms with Gasteiger partial charge in [-0.1, -0.05) is 19.1 Å². The lowest BCUT2D eigenvalue weighted by atomic mass is 10.0. The van der Waals surface area contributed by atoms with Gasteiger partial charge in [-0.2, -0.15) is 4.99 Å². The number of benzene rings is 1. The van der Waals surface area contributed by atoms with E-state index in [1.807, 2.05) is 6.92 Å². The summed E-state index contributed by atoms with van der Waals surface area (Å²) in [4.78, 5) is 15.6. The smallest absolute Gasteiger partial charge is 0.280 e. The second-order valence-electron chi connectivity index (χ2n) is 4.43. The molecule has 1 amide bonds. The summed E-state index contributed by atoms with van der Waals surface area (Å²) < 4.78 is 24.0. The van der Waals surface area contributed by atoms with Crippen molar-refractivity contribution in [3.8, 4) is 0 Å². The second kappa shape index (κ2) is 5.09. The third kappa shape index (κ3) is 2.57. The van der Waals surface area contributed by atoms with Crippen LogP contribution in [0.25, 0.3) is 6.08 Å². The molecule has 0 atom stereocenters. The van der Waals surface area contributed by atoms with Crippen molar-refractivity contribution in [1.29, 1.82) is 0 Å². The Morgan fingerprint density at radius 1 is 1.35 bits per heavy atom. The fraction of sp³-hybridized carbons (Fsp3) is 0.231. The Bertz CT molecular complexity index is 729. The van der Waals surface area contributed by atoms with Gasteiger partial charge >= 0.3 is 0 Å². The van der Waals surface area contributed by atoms with Gasteiger partial charge in [0.2, 0.25) is 0 Å². The van der Waals surface area contributed by atoms with Gasteiger partial charge in [-0.25, -0.2) is 8.42 Å². The van der Waals surface area contributed by atoms with Crippen LogP contribution in [0.15, 0.2) is 28.1 Å². The second-order valence-corrected chi connectivity index (χ2v) is 6.43. The first kappa shape index (κ1) is 14.3. The summed E-state index contributed by atoms with van der Waals surface area (Å²) in [5, 5.41) is 0. The summed E-state index contributed by atoms with van der Waals surface area (Å²) in [6, 6.07) is 3.06. The molecule has 0 unspecified atom stereocenters. The number of nitrogens with two attached hydrogens (primary N) is 2. The van der Waals surface area contributed by atoms with Crippen LogP contribution in [-0.2, 0) is 16.3 Å². The van der Waals surface area contributed by atoms with E-state index in [4.69, 9.17) is 11.5 Å². The number of aliphatic imine (C=N–C) groups is 1. The van der Waals surface area contributed by atoms with Crippen molar-refractivity contribution in [2.75, 3.05) is 5.75 Å². The van der Waals surface area contributed by atoms with Gasteiger partial charge in [0.15, 0.2) is 15.8 Å². The molecule has 1 aliphatic rings. The molecule has 1 aromatic rings. The van der Waals surface area contributed by atoms with Crippen molar-refractivity contribution in [3.63, 3.8) is 0 Å². The number of aryl methyl sites for hydroxylation is 1. The Morgan fingerprint density at radius 3 is 2.65 bits per heavy atom. The first-order valence-electron chi connectivity index (χ1n) is 6.05. The third-order valence-corrected chi connectivity index (χ3v) is 4.68. The highest BCUT2D eigenvalue weighted by Crippen LogP contribution is 2.27. The molecule has 6 nitrogen and oxygen atoms in total. The maximum absolute atomic E-state index is 12.0. The lowest BCUT2D eigenvalue weighted by Crippen LogP contribution is -2.24. The van der Waals surface area contributed by atoms with Gasteiger partial charge in [-0.15, -0.1) is 0 Å². The van der Waals surface area contributed by atoms with Gasteiger partial charge < -0.3 is 11.5 Å². The third-order valence-electron chi connectivity index (χ3n) is 3.03. The van der Waals surface area contributed by atoms with E-state index in [9.17, 15) is 13.2 Å². The van der Waals surface area contributed by atoms with Crippen LogP contribution in [0, 0.1) is 0 Å². The van der Waals surface area contributed by atoms with Crippen LogP contribution in [0.3, 0.4) is 0 Å². The zero-order valence-electron chi connectivity index (χ0n) is 11.0. The van der Waals surface area contributed by atoms with Crippen LogP contribution in [0.2, 0.25) is 0 Å². The maximum Gasteiger partial charge on any atom is 0.280 e. The van der Waals surface area contributed by atoms with E-state index < -0.39 is 15.7 Å². The molecule has 2 rings (SSSR count). The van der Waals surface area contributed by atoms with E-state index in [1.165, 1.54) is 6.07 Å². The van der Waals surface area contributed by atoms with Crippen LogP contribution >= 0.6 is 0 Å². The molecule has 4 N–H and O–H groups in total. The van der Waals surface area contributed by atoms with E-state index in [0.717, 1.165) is 0 Å². The minimum absolute atomic E-state index is 0.0681. The highest BCUT2D eigenvalue weighted by atomic mass is 32.2. The Morgan fingerprint density at radius 2 is 2.05 bits per heavy atom. The molecule has 0 spiro atoms. The minimum Gasteiger partial charge on any atom is -0.370 e. The zero-order chi connectivity index (χ0) is 14.9. The van der Waals surface area contributed by atoms with Crippen molar-refractivity contribution in [2.45, 2.75) is 18.2 Å². The monoisotopic (exact) mass is 293 g/mol. The molecule has 0 saturated heterocycles. The Kier molecular flexibility index (Phi) is 3.63. The number of hydrogen-bond acceptors (Lipinski definition) is 3. The Balaban J connectivity index is 2.68. The van der Waals surface area contributed by atoms with Crippen LogP contribution in [0.5, 0.6) is 0 Å². The zero-order valence-corrected chi connectivity index (χ0v) is 11.8. The first-order chi connectivity index (χ1) is 9.35. The largest absolute Gasteiger partial charge is 0.370 e. The molecule has 1 aliphatic heterocycles. The normalized spacial score (nSPS) is 15.4. The number of fused-ring (bicyclic) bond motifs is 1. The van der Waals surface area contributed by atoms with Crippen LogP contribution < -0.4 is 11.5 Å². The summed E-state index contributed by atoms with van der Waals surface area (Å²) in [7, 11) is -3.40. The summed E-state index contributed by atoms with van der Waals surface area (Å²) in [5.41, 5.74) is 11.9. The van der Waals surface area contributed by atoms with E-state index in [-0.39, 0.29) is 22.2 Å². The lowest BCUT2D eigenvalue weighted by molar-refractivity contribution is 0.100. The van der Waals surface area contributed by atoms with Gasteiger partial charge in [0.05, 0.1) is 10.6 Å². The number of amides is 1. The topological polar surface area (TPSA) is 116 Å². The molecular weight excluding hydrogens is 278 g/mol. The van der Waals surface area contributed by atoms with Gasteiger partial charge in [0, 0.05) is 5.56 Å². The molecule has 0 radical (unpaired) electrons. The summed E-state index contributed by atoms with van der Waals surface area (Å²) >= 11 is 0. The first-order valence-corrected chi connectivity index (χ1v) is 7.70. The van der Waals surface area contributed by atoms with Crippen LogP contribution in [0.4, 0.5) is 0 Å². The molecule has 1 aromatic carbocycles. The molecule has 0 aromatic heterocycles. The quantitative estimate of drug-likeness (QED) is 0.607. The SMILES string of the molecule is CCc1cc2c(cc1C(=O)N=C(N)N)S(=O)(=O)CC=C2. The molecular formula is C13H15N3O3S. The maximum atomic E-state index is 12.0. The fourth-order valence-electron chi connectivity index (χ4n) is 2.10. The Labute approximate surface area is 117 Å². The number of sulfone groups is 1.